The van der Waals surface area contributed by atoms with Crippen molar-refractivity contribution in [1.82, 2.24) is 10.2 Å². The summed E-state index contributed by atoms with van der Waals surface area (Å²) >= 11 is 0. The van der Waals surface area contributed by atoms with Crippen molar-refractivity contribution in [3.05, 3.63) is 0 Å². The van der Waals surface area contributed by atoms with E-state index in [0.29, 0.717) is 5.54 Å². The van der Waals surface area contributed by atoms with E-state index in [9.17, 15) is 0 Å². The quantitative estimate of drug-likeness (QED) is 0.725. The molecule has 0 aromatic rings. The van der Waals surface area contributed by atoms with Gasteiger partial charge in [0.05, 0.1) is 0 Å². The molecule has 0 aromatic carbocycles. The molecule has 0 radical (unpaired) electrons. The maximum atomic E-state index is 3.45. The summed E-state index contributed by atoms with van der Waals surface area (Å²) in [5, 5.41) is 3.45. The van der Waals surface area contributed by atoms with E-state index in [-0.39, 0.29) is 0 Å². The van der Waals surface area contributed by atoms with Crippen molar-refractivity contribution in [2.75, 3.05) is 13.6 Å². The average molecular weight is 196 g/mol. The Balaban J connectivity index is 2.03. The molecule has 1 saturated carbocycles. The van der Waals surface area contributed by atoms with Gasteiger partial charge < -0.3 is 5.32 Å². The number of nitrogens with zero attached hydrogens (tertiary/aromatic N) is 1. The first-order valence-corrected chi connectivity index (χ1v) is 6.02. The van der Waals surface area contributed by atoms with Gasteiger partial charge >= 0.3 is 0 Å². The predicted molar refractivity (Wildman–Crippen MR) is 60.4 cm³/mol. The van der Waals surface area contributed by atoms with Crippen molar-refractivity contribution in [1.29, 1.82) is 0 Å². The monoisotopic (exact) mass is 196 g/mol. The molecule has 2 aliphatic rings. The van der Waals surface area contributed by atoms with Crippen LogP contribution in [0.15, 0.2) is 0 Å². The van der Waals surface area contributed by atoms with Gasteiger partial charge in [0.25, 0.3) is 0 Å². The fourth-order valence-electron chi connectivity index (χ4n) is 3.00. The normalized spacial score (nSPS) is 42.4. The van der Waals surface area contributed by atoms with Crippen LogP contribution in [0.2, 0.25) is 0 Å². The van der Waals surface area contributed by atoms with Gasteiger partial charge in [0.15, 0.2) is 0 Å². The van der Waals surface area contributed by atoms with Crippen LogP contribution in [0.3, 0.4) is 0 Å². The number of rotatable bonds is 2. The van der Waals surface area contributed by atoms with Crippen LogP contribution < -0.4 is 5.32 Å². The Morgan fingerprint density at radius 2 is 1.93 bits per heavy atom. The molecule has 1 aliphatic heterocycles. The predicted octanol–water partition coefficient (Wildman–Crippen LogP) is 1.86. The molecule has 3 unspecified atom stereocenters. The number of nitrogens with one attached hydrogen (secondary N) is 1. The molecule has 0 spiro atoms. The van der Waals surface area contributed by atoms with Crippen LogP contribution in [0.1, 0.15) is 40.0 Å². The first kappa shape index (κ1) is 10.4. The molecule has 0 aromatic heterocycles. The largest absolute Gasteiger partial charge is 0.317 e. The van der Waals surface area contributed by atoms with Crippen LogP contribution in [0, 0.1) is 5.92 Å². The fraction of sp³-hybridized carbons (Fsp3) is 1.00. The molecule has 1 N–H and O–H groups in total. The third kappa shape index (κ3) is 1.59. The highest BCUT2D eigenvalue weighted by atomic mass is 15.3. The van der Waals surface area contributed by atoms with Crippen molar-refractivity contribution in [3.8, 4) is 0 Å². The second-order valence-electron chi connectivity index (χ2n) is 5.47. The van der Waals surface area contributed by atoms with Gasteiger partial charge in [-0.15, -0.1) is 0 Å². The van der Waals surface area contributed by atoms with E-state index in [0.717, 1.165) is 18.0 Å². The molecular weight excluding hydrogens is 172 g/mol. The Morgan fingerprint density at radius 3 is 2.43 bits per heavy atom. The summed E-state index contributed by atoms with van der Waals surface area (Å²) in [6.45, 7) is 8.50. The zero-order valence-electron chi connectivity index (χ0n) is 10.0. The SMILES string of the molecule is CNC1CCN(C2(C)CC2)C(C)C1C. The van der Waals surface area contributed by atoms with Crippen molar-refractivity contribution >= 4 is 0 Å². The first-order chi connectivity index (χ1) is 6.58. The van der Waals surface area contributed by atoms with Crippen molar-refractivity contribution in [2.45, 2.75) is 57.7 Å². The summed E-state index contributed by atoms with van der Waals surface area (Å²) in [7, 11) is 2.10. The van der Waals surface area contributed by atoms with Crippen LogP contribution in [0.4, 0.5) is 0 Å². The van der Waals surface area contributed by atoms with Crippen molar-refractivity contribution in [2.24, 2.45) is 5.92 Å². The van der Waals surface area contributed by atoms with Gasteiger partial charge in [0.2, 0.25) is 0 Å². The lowest BCUT2D eigenvalue weighted by atomic mass is 9.86. The third-order valence-electron chi connectivity index (χ3n) is 4.61. The van der Waals surface area contributed by atoms with E-state index < -0.39 is 0 Å². The molecule has 3 atom stereocenters. The van der Waals surface area contributed by atoms with E-state index in [2.05, 4.69) is 38.0 Å². The third-order valence-corrected chi connectivity index (χ3v) is 4.61. The van der Waals surface area contributed by atoms with Crippen LogP contribution in [0.25, 0.3) is 0 Å². The van der Waals surface area contributed by atoms with E-state index >= 15 is 0 Å². The lowest BCUT2D eigenvalue weighted by molar-refractivity contribution is 0.0442. The first-order valence-electron chi connectivity index (χ1n) is 6.02. The van der Waals surface area contributed by atoms with Crippen molar-refractivity contribution in [3.63, 3.8) is 0 Å². The summed E-state index contributed by atoms with van der Waals surface area (Å²) < 4.78 is 0. The lowest BCUT2D eigenvalue weighted by Gasteiger charge is -2.46. The van der Waals surface area contributed by atoms with Gasteiger partial charge in [-0.1, -0.05) is 6.92 Å². The smallest absolute Gasteiger partial charge is 0.0185 e. The maximum absolute atomic E-state index is 3.45. The lowest BCUT2D eigenvalue weighted by Crippen LogP contribution is -2.56. The van der Waals surface area contributed by atoms with Crippen molar-refractivity contribution < 1.29 is 0 Å². The summed E-state index contributed by atoms with van der Waals surface area (Å²) in [6, 6.07) is 1.47. The number of likely N-dealkylation sites (tertiary alicyclic amines) is 1. The van der Waals surface area contributed by atoms with Gasteiger partial charge in [-0.3, -0.25) is 4.90 Å². The second-order valence-corrected chi connectivity index (χ2v) is 5.47. The van der Waals surface area contributed by atoms with Crippen LogP contribution in [0.5, 0.6) is 0 Å². The summed E-state index contributed by atoms with van der Waals surface area (Å²) in [5.41, 5.74) is 0.562. The Hall–Kier alpha value is -0.0800. The van der Waals surface area contributed by atoms with Crippen LogP contribution in [-0.2, 0) is 0 Å². The standard InChI is InChI=1S/C12H24N2/c1-9-10(2)14(12(3)6-7-12)8-5-11(9)13-4/h9-11,13H,5-8H2,1-4H3. The molecule has 2 nitrogen and oxygen atoms in total. The topological polar surface area (TPSA) is 15.3 Å². The molecule has 82 valence electrons. The average Bonchev–Trinajstić information content (AvgIpc) is 2.89. The van der Waals surface area contributed by atoms with E-state index in [4.69, 9.17) is 0 Å². The molecule has 2 heteroatoms. The summed E-state index contributed by atoms with van der Waals surface area (Å²) in [4.78, 5) is 2.74. The molecule has 2 rings (SSSR count). The van der Waals surface area contributed by atoms with Gasteiger partial charge in [-0.25, -0.2) is 0 Å². The second kappa shape index (κ2) is 3.49. The summed E-state index contributed by atoms with van der Waals surface area (Å²) in [6.07, 6.45) is 4.14. The molecule has 1 aliphatic carbocycles. The minimum absolute atomic E-state index is 0.562. The number of piperidine rings is 1. The highest BCUT2D eigenvalue weighted by Crippen LogP contribution is 2.45. The van der Waals surface area contributed by atoms with E-state index in [1.165, 1.54) is 25.8 Å². The number of hydrogen-bond donors (Lipinski definition) is 1. The minimum Gasteiger partial charge on any atom is -0.317 e. The van der Waals surface area contributed by atoms with Gasteiger partial charge in [0.1, 0.15) is 0 Å². The molecular formula is C12H24N2. The Labute approximate surface area is 88.1 Å². The Bertz CT molecular complexity index is 210. The minimum atomic E-state index is 0.562. The Kier molecular flexibility index (Phi) is 2.61. The Morgan fingerprint density at radius 1 is 1.29 bits per heavy atom. The maximum Gasteiger partial charge on any atom is 0.0185 e. The molecule has 0 amide bonds. The van der Waals surface area contributed by atoms with Gasteiger partial charge in [0, 0.05) is 24.2 Å². The molecule has 2 fully saturated rings. The van der Waals surface area contributed by atoms with E-state index in [1.807, 2.05) is 0 Å². The van der Waals surface area contributed by atoms with Crippen LogP contribution in [-0.4, -0.2) is 36.1 Å². The molecule has 0 bridgehead atoms. The molecule has 14 heavy (non-hydrogen) atoms. The van der Waals surface area contributed by atoms with E-state index in [1.54, 1.807) is 0 Å². The van der Waals surface area contributed by atoms with Gasteiger partial charge in [-0.2, -0.15) is 0 Å². The highest BCUT2D eigenvalue weighted by molar-refractivity contribution is 5.04. The fourth-order valence-corrected chi connectivity index (χ4v) is 3.00. The summed E-state index contributed by atoms with van der Waals surface area (Å²) in [5.74, 6) is 0.783. The van der Waals surface area contributed by atoms with Gasteiger partial charge in [-0.05, 0) is 46.1 Å². The molecule has 1 heterocycles. The zero-order chi connectivity index (χ0) is 10.3. The van der Waals surface area contributed by atoms with Crippen LogP contribution >= 0.6 is 0 Å². The molecule has 1 saturated heterocycles. The highest BCUT2D eigenvalue weighted by Gasteiger charge is 2.48. The number of hydrogen-bond acceptors (Lipinski definition) is 2. The zero-order valence-corrected chi connectivity index (χ0v) is 10.0.